The zero-order valence-electron chi connectivity index (χ0n) is 15.4. The Morgan fingerprint density at radius 3 is 2.45 bits per heavy atom. The Balaban J connectivity index is 1.59. The average molecular weight is 400 g/mol. The predicted octanol–water partition coefficient (Wildman–Crippen LogP) is 3.82. The predicted molar refractivity (Wildman–Crippen MR) is 105 cm³/mol. The Hall–Kier alpha value is -3.68. The third-order valence-corrected chi connectivity index (χ3v) is 4.08. The summed E-state index contributed by atoms with van der Waals surface area (Å²) in [5, 5.41) is 7.21. The summed E-state index contributed by atoms with van der Waals surface area (Å²) in [6.07, 6.45) is 0. The molecule has 0 radical (unpaired) electrons. The molecule has 0 saturated carbocycles. The van der Waals surface area contributed by atoms with Gasteiger partial charge in [-0.1, -0.05) is 30.3 Å². The third-order valence-electron chi connectivity index (χ3n) is 4.08. The van der Waals surface area contributed by atoms with Crippen molar-refractivity contribution in [2.24, 2.45) is 0 Å². The van der Waals surface area contributed by atoms with Gasteiger partial charge in [-0.2, -0.15) is 8.78 Å². The molecule has 0 aromatic heterocycles. The van der Waals surface area contributed by atoms with Gasteiger partial charge in [-0.25, -0.2) is 0 Å². The number of nitrogens with one attached hydrogen (secondary N) is 2. The van der Waals surface area contributed by atoms with Crippen LogP contribution in [-0.4, -0.2) is 32.1 Å². The van der Waals surface area contributed by atoms with Gasteiger partial charge in [-0.3, -0.25) is 9.59 Å². The quantitative estimate of drug-likeness (QED) is 0.632. The standard InChI is InChI=1S/C21H18F2N2O4/c1-28-18-11-15(7-9-17(18)29-21(22)23)20(27)24-12-19(26)25-16-8-6-13-4-2-3-5-14(13)10-16/h2-11,21H,12H2,1H3,(H,24,27)(H,25,26). The van der Waals surface area contributed by atoms with E-state index in [0.29, 0.717) is 5.69 Å². The molecule has 0 spiro atoms. The third kappa shape index (κ3) is 5.19. The van der Waals surface area contributed by atoms with Gasteiger partial charge in [0.2, 0.25) is 5.91 Å². The van der Waals surface area contributed by atoms with E-state index in [4.69, 9.17) is 4.74 Å². The van der Waals surface area contributed by atoms with Gasteiger partial charge in [-0.05, 0) is 41.1 Å². The van der Waals surface area contributed by atoms with Gasteiger partial charge in [0.15, 0.2) is 11.5 Å². The Kier molecular flexibility index (Phi) is 6.23. The Bertz CT molecular complexity index is 1040. The van der Waals surface area contributed by atoms with Crippen LogP contribution in [0, 0.1) is 0 Å². The fourth-order valence-corrected chi connectivity index (χ4v) is 2.74. The van der Waals surface area contributed by atoms with Crippen molar-refractivity contribution in [2.75, 3.05) is 19.0 Å². The van der Waals surface area contributed by atoms with E-state index in [9.17, 15) is 18.4 Å². The summed E-state index contributed by atoms with van der Waals surface area (Å²) in [4.78, 5) is 24.4. The second-order valence-corrected chi connectivity index (χ2v) is 6.04. The number of carbonyl (C=O) groups excluding carboxylic acids is 2. The first-order valence-electron chi connectivity index (χ1n) is 8.66. The fourth-order valence-electron chi connectivity index (χ4n) is 2.74. The van der Waals surface area contributed by atoms with Crippen LogP contribution >= 0.6 is 0 Å². The van der Waals surface area contributed by atoms with Crippen molar-refractivity contribution in [2.45, 2.75) is 6.61 Å². The van der Waals surface area contributed by atoms with Crippen LogP contribution in [-0.2, 0) is 4.79 Å². The monoisotopic (exact) mass is 400 g/mol. The molecule has 0 saturated heterocycles. The first kappa shape index (κ1) is 20.1. The molecule has 2 amide bonds. The molecule has 29 heavy (non-hydrogen) atoms. The number of halogens is 2. The highest BCUT2D eigenvalue weighted by Crippen LogP contribution is 2.29. The number of hydrogen-bond donors (Lipinski definition) is 2. The van der Waals surface area contributed by atoms with E-state index >= 15 is 0 Å². The summed E-state index contributed by atoms with van der Waals surface area (Å²) < 4.78 is 34.0. The van der Waals surface area contributed by atoms with Crippen molar-refractivity contribution in [1.82, 2.24) is 5.32 Å². The molecule has 6 nitrogen and oxygen atoms in total. The Labute approximate surface area is 165 Å². The number of fused-ring (bicyclic) bond motifs is 1. The summed E-state index contributed by atoms with van der Waals surface area (Å²) in [6, 6.07) is 17.0. The van der Waals surface area contributed by atoms with Crippen molar-refractivity contribution in [1.29, 1.82) is 0 Å². The number of anilines is 1. The normalized spacial score (nSPS) is 10.6. The number of amides is 2. The smallest absolute Gasteiger partial charge is 0.387 e. The van der Waals surface area contributed by atoms with Gasteiger partial charge in [0.25, 0.3) is 5.91 Å². The molecule has 0 heterocycles. The molecule has 0 aliphatic carbocycles. The van der Waals surface area contributed by atoms with Crippen molar-refractivity contribution < 1.29 is 27.8 Å². The molecule has 2 N–H and O–H groups in total. The fraction of sp³-hybridized carbons (Fsp3) is 0.143. The summed E-state index contributed by atoms with van der Waals surface area (Å²) >= 11 is 0. The van der Waals surface area contributed by atoms with E-state index in [1.54, 1.807) is 6.07 Å². The maximum absolute atomic E-state index is 12.4. The maximum Gasteiger partial charge on any atom is 0.387 e. The molecule has 150 valence electrons. The molecule has 8 heteroatoms. The number of hydrogen-bond acceptors (Lipinski definition) is 4. The van der Waals surface area contributed by atoms with Crippen LogP contribution in [0.4, 0.5) is 14.5 Å². The number of methoxy groups -OCH3 is 1. The average Bonchev–Trinajstić information content (AvgIpc) is 2.71. The van der Waals surface area contributed by atoms with E-state index in [1.807, 2.05) is 36.4 Å². The lowest BCUT2D eigenvalue weighted by Gasteiger charge is -2.12. The topological polar surface area (TPSA) is 76.7 Å². The second-order valence-electron chi connectivity index (χ2n) is 6.04. The molecule has 0 aliphatic rings. The molecular formula is C21H18F2N2O4. The van der Waals surface area contributed by atoms with Gasteiger partial charge in [0.05, 0.1) is 13.7 Å². The van der Waals surface area contributed by atoms with Crippen molar-refractivity contribution in [3.63, 3.8) is 0 Å². The van der Waals surface area contributed by atoms with Crippen molar-refractivity contribution in [3.8, 4) is 11.5 Å². The van der Waals surface area contributed by atoms with Gasteiger partial charge in [0, 0.05) is 11.3 Å². The van der Waals surface area contributed by atoms with Gasteiger partial charge in [0.1, 0.15) is 0 Å². The minimum atomic E-state index is -3.01. The lowest BCUT2D eigenvalue weighted by molar-refractivity contribution is -0.115. The number of benzene rings is 3. The first-order chi connectivity index (χ1) is 14.0. The lowest BCUT2D eigenvalue weighted by Crippen LogP contribution is -2.32. The summed E-state index contributed by atoms with van der Waals surface area (Å²) in [5.74, 6) is -1.16. The van der Waals surface area contributed by atoms with Gasteiger partial charge < -0.3 is 20.1 Å². The largest absolute Gasteiger partial charge is 0.493 e. The molecule has 3 rings (SSSR count). The van der Waals surface area contributed by atoms with Crippen molar-refractivity contribution >= 4 is 28.3 Å². The Morgan fingerprint density at radius 2 is 1.72 bits per heavy atom. The second kappa shape index (κ2) is 9.01. The highest BCUT2D eigenvalue weighted by molar-refractivity contribution is 6.00. The minimum absolute atomic E-state index is 0.0152. The number of rotatable bonds is 7. The van der Waals surface area contributed by atoms with Crippen LogP contribution in [0.5, 0.6) is 11.5 Å². The summed E-state index contributed by atoms with van der Waals surface area (Å²) in [7, 11) is 1.27. The zero-order valence-corrected chi connectivity index (χ0v) is 15.4. The van der Waals surface area contributed by atoms with Gasteiger partial charge in [-0.15, -0.1) is 0 Å². The van der Waals surface area contributed by atoms with E-state index in [0.717, 1.165) is 10.8 Å². The highest BCUT2D eigenvalue weighted by atomic mass is 19.3. The molecule has 0 bridgehead atoms. The van der Waals surface area contributed by atoms with Gasteiger partial charge >= 0.3 is 6.61 Å². The molecule has 0 atom stereocenters. The van der Waals surface area contributed by atoms with E-state index in [2.05, 4.69) is 15.4 Å². The van der Waals surface area contributed by atoms with Crippen LogP contribution in [0.1, 0.15) is 10.4 Å². The van der Waals surface area contributed by atoms with E-state index in [-0.39, 0.29) is 23.6 Å². The number of carbonyl (C=O) groups is 2. The lowest BCUT2D eigenvalue weighted by atomic mass is 10.1. The number of alkyl halides is 2. The SMILES string of the molecule is COc1cc(C(=O)NCC(=O)Nc2ccc3ccccc3c2)ccc1OC(F)F. The van der Waals surface area contributed by atoms with E-state index < -0.39 is 18.4 Å². The highest BCUT2D eigenvalue weighted by Gasteiger charge is 2.15. The maximum atomic E-state index is 12.4. The van der Waals surface area contributed by atoms with Crippen LogP contribution in [0.2, 0.25) is 0 Å². The van der Waals surface area contributed by atoms with Crippen LogP contribution in [0.25, 0.3) is 10.8 Å². The molecule has 3 aromatic carbocycles. The van der Waals surface area contributed by atoms with Crippen LogP contribution in [0.3, 0.4) is 0 Å². The van der Waals surface area contributed by atoms with Crippen molar-refractivity contribution in [3.05, 3.63) is 66.2 Å². The summed E-state index contributed by atoms with van der Waals surface area (Å²) in [5.41, 5.74) is 0.750. The number of ether oxygens (including phenoxy) is 2. The zero-order chi connectivity index (χ0) is 20.8. The Morgan fingerprint density at radius 1 is 0.966 bits per heavy atom. The first-order valence-corrected chi connectivity index (χ1v) is 8.66. The summed E-state index contributed by atoms with van der Waals surface area (Å²) in [6.45, 7) is -3.27. The minimum Gasteiger partial charge on any atom is -0.493 e. The molecular weight excluding hydrogens is 382 g/mol. The molecule has 0 unspecified atom stereocenters. The molecule has 3 aromatic rings. The molecule has 0 aliphatic heterocycles. The van der Waals surface area contributed by atoms with Crippen LogP contribution < -0.4 is 20.1 Å². The van der Waals surface area contributed by atoms with E-state index in [1.165, 1.54) is 25.3 Å². The van der Waals surface area contributed by atoms with Crippen LogP contribution in [0.15, 0.2) is 60.7 Å². The molecule has 0 fully saturated rings.